The molecule has 0 aliphatic rings. The van der Waals surface area contributed by atoms with Gasteiger partial charge < -0.3 is 15.3 Å². The second kappa shape index (κ2) is 5.78. The lowest BCUT2D eigenvalue weighted by atomic mass is 10.1. The standard InChI is InChI=1S/C14H15N5O2/c15-18-12-9-19-7-6-16-13(19)14(17-12)21-11-3-1-10(2-4-11)5-8-20/h1-4,6-7,9,18,20H,5,8,15H2. The SMILES string of the molecule is NNc1cn2ccnc2c(Oc2ccc(CCO)cc2)n1. The van der Waals surface area contributed by atoms with Gasteiger partial charge in [-0.2, -0.15) is 4.98 Å². The minimum Gasteiger partial charge on any atom is -0.436 e. The third-order valence-corrected chi connectivity index (χ3v) is 3.03. The van der Waals surface area contributed by atoms with E-state index in [2.05, 4.69) is 15.4 Å². The van der Waals surface area contributed by atoms with E-state index >= 15 is 0 Å². The van der Waals surface area contributed by atoms with E-state index in [0.717, 1.165) is 5.56 Å². The Balaban J connectivity index is 1.91. The lowest BCUT2D eigenvalue weighted by Crippen LogP contribution is -2.10. The Morgan fingerprint density at radius 2 is 2.10 bits per heavy atom. The molecular formula is C14H15N5O2. The zero-order chi connectivity index (χ0) is 14.7. The normalized spacial score (nSPS) is 10.8. The summed E-state index contributed by atoms with van der Waals surface area (Å²) in [6.07, 6.45) is 5.79. The summed E-state index contributed by atoms with van der Waals surface area (Å²) in [6, 6.07) is 7.46. The number of ether oxygens (including phenoxy) is 1. The molecule has 0 amide bonds. The number of aliphatic hydroxyl groups is 1. The first-order valence-electron chi connectivity index (χ1n) is 6.48. The van der Waals surface area contributed by atoms with Crippen LogP contribution in [0.5, 0.6) is 11.6 Å². The van der Waals surface area contributed by atoms with Gasteiger partial charge in [0.2, 0.25) is 5.65 Å². The van der Waals surface area contributed by atoms with E-state index in [1.54, 1.807) is 23.0 Å². The molecule has 4 N–H and O–H groups in total. The van der Waals surface area contributed by atoms with E-state index < -0.39 is 0 Å². The highest BCUT2D eigenvalue weighted by atomic mass is 16.5. The summed E-state index contributed by atoms with van der Waals surface area (Å²) in [6.45, 7) is 0.126. The summed E-state index contributed by atoms with van der Waals surface area (Å²) in [5.74, 6) is 6.89. The topological polar surface area (TPSA) is 97.7 Å². The monoisotopic (exact) mass is 285 g/mol. The van der Waals surface area contributed by atoms with Crippen molar-refractivity contribution in [1.29, 1.82) is 0 Å². The molecule has 0 aliphatic carbocycles. The molecular weight excluding hydrogens is 270 g/mol. The van der Waals surface area contributed by atoms with Gasteiger partial charge in [0.25, 0.3) is 5.88 Å². The first-order chi connectivity index (χ1) is 10.3. The van der Waals surface area contributed by atoms with E-state index in [0.29, 0.717) is 29.5 Å². The number of nitrogens with two attached hydrogens (primary N) is 1. The smallest absolute Gasteiger partial charge is 0.265 e. The molecule has 0 saturated heterocycles. The van der Waals surface area contributed by atoms with E-state index in [4.69, 9.17) is 15.7 Å². The predicted octanol–water partition coefficient (Wildman–Crippen LogP) is 1.34. The van der Waals surface area contributed by atoms with Crippen molar-refractivity contribution >= 4 is 11.5 Å². The Labute approximate surface area is 121 Å². The summed E-state index contributed by atoms with van der Waals surface area (Å²) < 4.78 is 7.55. The van der Waals surface area contributed by atoms with Crippen LogP contribution in [0.1, 0.15) is 5.56 Å². The number of hydrazine groups is 1. The molecule has 0 bridgehead atoms. The van der Waals surface area contributed by atoms with Gasteiger partial charge in [-0.25, -0.2) is 10.8 Å². The molecule has 21 heavy (non-hydrogen) atoms. The Morgan fingerprint density at radius 3 is 2.81 bits per heavy atom. The number of nitrogen functional groups attached to an aromatic ring is 1. The van der Waals surface area contributed by atoms with E-state index in [9.17, 15) is 0 Å². The maximum absolute atomic E-state index is 8.91. The second-order valence-electron chi connectivity index (χ2n) is 4.45. The number of rotatable bonds is 5. The zero-order valence-corrected chi connectivity index (χ0v) is 11.2. The quantitative estimate of drug-likeness (QED) is 0.483. The molecule has 108 valence electrons. The fourth-order valence-corrected chi connectivity index (χ4v) is 2.01. The van der Waals surface area contributed by atoms with Crippen molar-refractivity contribution in [3.05, 3.63) is 48.4 Å². The molecule has 0 aliphatic heterocycles. The highest BCUT2D eigenvalue weighted by molar-refractivity contribution is 5.54. The van der Waals surface area contributed by atoms with Crippen molar-refractivity contribution in [1.82, 2.24) is 14.4 Å². The second-order valence-corrected chi connectivity index (χ2v) is 4.45. The van der Waals surface area contributed by atoms with E-state index in [-0.39, 0.29) is 6.61 Å². The van der Waals surface area contributed by atoms with Crippen molar-refractivity contribution in [2.24, 2.45) is 5.84 Å². The van der Waals surface area contributed by atoms with Crippen LogP contribution in [0.4, 0.5) is 5.82 Å². The maximum Gasteiger partial charge on any atom is 0.265 e. The van der Waals surface area contributed by atoms with Gasteiger partial charge in [-0.3, -0.25) is 4.40 Å². The predicted molar refractivity (Wildman–Crippen MR) is 78.1 cm³/mol. The molecule has 7 nitrogen and oxygen atoms in total. The van der Waals surface area contributed by atoms with Crippen LogP contribution < -0.4 is 16.0 Å². The molecule has 1 aromatic carbocycles. The van der Waals surface area contributed by atoms with Crippen LogP contribution >= 0.6 is 0 Å². The largest absolute Gasteiger partial charge is 0.436 e. The maximum atomic E-state index is 8.91. The van der Waals surface area contributed by atoms with Crippen molar-refractivity contribution < 1.29 is 9.84 Å². The van der Waals surface area contributed by atoms with E-state index in [1.165, 1.54) is 0 Å². The number of aromatic nitrogens is 3. The van der Waals surface area contributed by atoms with Crippen molar-refractivity contribution in [2.45, 2.75) is 6.42 Å². The van der Waals surface area contributed by atoms with Crippen LogP contribution in [-0.2, 0) is 6.42 Å². The van der Waals surface area contributed by atoms with Crippen LogP contribution in [0.15, 0.2) is 42.9 Å². The minimum absolute atomic E-state index is 0.126. The third-order valence-electron chi connectivity index (χ3n) is 3.03. The Hall–Kier alpha value is -2.64. The van der Waals surface area contributed by atoms with Gasteiger partial charge in [-0.05, 0) is 24.1 Å². The molecule has 7 heteroatoms. The fraction of sp³-hybridized carbons (Fsp3) is 0.143. The van der Waals surface area contributed by atoms with Crippen molar-refractivity contribution in [3.63, 3.8) is 0 Å². The van der Waals surface area contributed by atoms with E-state index in [1.807, 2.05) is 24.3 Å². The number of benzene rings is 1. The van der Waals surface area contributed by atoms with Crippen LogP contribution in [0.2, 0.25) is 0 Å². The van der Waals surface area contributed by atoms with Crippen molar-refractivity contribution in [3.8, 4) is 11.6 Å². The summed E-state index contributed by atoms with van der Waals surface area (Å²) in [4.78, 5) is 8.48. The van der Waals surface area contributed by atoms with Crippen LogP contribution in [-0.4, -0.2) is 26.1 Å². The lowest BCUT2D eigenvalue weighted by Gasteiger charge is -2.09. The van der Waals surface area contributed by atoms with Gasteiger partial charge in [0, 0.05) is 19.0 Å². The Morgan fingerprint density at radius 1 is 1.29 bits per heavy atom. The average molecular weight is 285 g/mol. The van der Waals surface area contributed by atoms with Gasteiger partial charge >= 0.3 is 0 Å². The molecule has 0 radical (unpaired) electrons. The molecule has 0 saturated carbocycles. The summed E-state index contributed by atoms with van der Waals surface area (Å²) in [7, 11) is 0. The molecule has 3 aromatic rings. The fourth-order valence-electron chi connectivity index (χ4n) is 2.01. The molecule has 0 atom stereocenters. The summed E-state index contributed by atoms with van der Waals surface area (Å²) >= 11 is 0. The van der Waals surface area contributed by atoms with Crippen molar-refractivity contribution in [2.75, 3.05) is 12.0 Å². The van der Waals surface area contributed by atoms with Crippen LogP contribution in [0.3, 0.4) is 0 Å². The molecule has 2 heterocycles. The number of hydrogen-bond acceptors (Lipinski definition) is 6. The Bertz CT molecular complexity index is 739. The molecule has 3 rings (SSSR count). The number of aliphatic hydroxyl groups excluding tert-OH is 1. The first kappa shape index (κ1) is 13.3. The zero-order valence-electron chi connectivity index (χ0n) is 11.2. The van der Waals surface area contributed by atoms with Gasteiger partial charge in [-0.15, -0.1) is 0 Å². The number of nitrogens with one attached hydrogen (secondary N) is 1. The number of hydrogen-bond donors (Lipinski definition) is 3. The van der Waals surface area contributed by atoms with Gasteiger partial charge in [-0.1, -0.05) is 12.1 Å². The molecule has 0 unspecified atom stereocenters. The van der Waals surface area contributed by atoms with Gasteiger partial charge in [0.1, 0.15) is 5.75 Å². The molecule has 0 fully saturated rings. The van der Waals surface area contributed by atoms with Gasteiger partial charge in [0.05, 0.1) is 6.20 Å². The Kier molecular flexibility index (Phi) is 3.67. The molecule has 2 aromatic heterocycles. The van der Waals surface area contributed by atoms with Crippen LogP contribution in [0.25, 0.3) is 5.65 Å². The highest BCUT2D eigenvalue weighted by Crippen LogP contribution is 2.25. The third kappa shape index (κ3) is 2.78. The summed E-state index contributed by atoms with van der Waals surface area (Å²) in [5, 5.41) is 8.91. The van der Waals surface area contributed by atoms with Crippen LogP contribution in [0, 0.1) is 0 Å². The van der Waals surface area contributed by atoms with Gasteiger partial charge in [0.15, 0.2) is 5.82 Å². The molecule has 0 spiro atoms. The highest BCUT2D eigenvalue weighted by Gasteiger charge is 2.09. The summed E-state index contributed by atoms with van der Waals surface area (Å²) in [5.41, 5.74) is 4.14. The average Bonchev–Trinajstić information content (AvgIpc) is 2.98. The number of anilines is 1. The number of nitrogens with zero attached hydrogens (tertiary/aromatic N) is 3. The minimum atomic E-state index is 0.126. The number of fused-ring (bicyclic) bond motifs is 1. The number of imidazole rings is 1. The first-order valence-corrected chi connectivity index (χ1v) is 6.48. The lowest BCUT2D eigenvalue weighted by molar-refractivity contribution is 0.299.